The number of pyridine rings is 1. The molecule has 0 aliphatic carbocycles. The number of fused-ring (bicyclic) bond motifs is 1. The molecule has 1 aromatic heterocycles. The Morgan fingerprint density at radius 3 is 3.05 bits per heavy atom. The van der Waals surface area contributed by atoms with Gasteiger partial charge in [0.1, 0.15) is 5.75 Å². The highest BCUT2D eigenvalue weighted by Crippen LogP contribution is 2.36. The second kappa shape index (κ2) is 6.24. The predicted octanol–water partition coefficient (Wildman–Crippen LogP) is 3.32. The zero-order valence-electron chi connectivity index (χ0n) is 11.3. The number of methoxy groups -OCH3 is 1. The maximum absolute atomic E-state index is 6.07. The van der Waals surface area contributed by atoms with E-state index in [2.05, 4.69) is 20.0 Å². The molecule has 0 bridgehead atoms. The number of halogens is 1. The molecule has 2 aromatic rings. The smallest absolute Gasteiger partial charge is 0.206 e. The monoisotopic (exact) mass is 320 g/mol. The van der Waals surface area contributed by atoms with Crippen molar-refractivity contribution >= 4 is 35.2 Å². The van der Waals surface area contributed by atoms with Crippen LogP contribution >= 0.6 is 23.5 Å². The van der Waals surface area contributed by atoms with Crippen molar-refractivity contribution in [3.8, 4) is 5.75 Å². The molecule has 7 heteroatoms. The lowest BCUT2D eigenvalue weighted by Gasteiger charge is -2.22. The van der Waals surface area contributed by atoms with Gasteiger partial charge < -0.3 is 10.1 Å². The van der Waals surface area contributed by atoms with Crippen molar-refractivity contribution in [1.29, 1.82) is 0 Å². The van der Waals surface area contributed by atoms with E-state index in [1.807, 2.05) is 18.2 Å². The summed E-state index contributed by atoms with van der Waals surface area (Å²) < 4.78 is 8.50. The SMILES string of the molecule is COc1cccc2c1NC(=NCc1ncccc1Cl)NS2. The molecular formula is C14H13ClN4OS. The number of ether oxygens (including phenoxy) is 1. The van der Waals surface area contributed by atoms with Gasteiger partial charge in [0.05, 0.1) is 35.0 Å². The van der Waals surface area contributed by atoms with E-state index in [4.69, 9.17) is 16.3 Å². The Morgan fingerprint density at radius 2 is 2.24 bits per heavy atom. The minimum atomic E-state index is 0.403. The molecule has 1 aliphatic heterocycles. The van der Waals surface area contributed by atoms with Gasteiger partial charge in [0.25, 0.3) is 0 Å². The molecule has 0 radical (unpaired) electrons. The quantitative estimate of drug-likeness (QED) is 0.850. The van der Waals surface area contributed by atoms with Gasteiger partial charge in [-0.15, -0.1) is 0 Å². The number of rotatable bonds is 3. The second-order valence-corrected chi connectivity index (χ2v) is 5.51. The number of nitrogens with zero attached hydrogens (tertiary/aromatic N) is 2. The zero-order valence-corrected chi connectivity index (χ0v) is 12.8. The third kappa shape index (κ3) is 3.06. The van der Waals surface area contributed by atoms with E-state index in [0.29, 0.717) is 17.5 Å². The van der Waals surface area contributed by atoms with Crippen LogP contribution in [0.4, 0.5) is 5.69 Å². The average Bonchev–Trinajstić information content (AvgIpc) is 2.53. The van der Waals surface area contributed by atoms with Crippen LogP contribution in [-0.2, 0) is 6.54 Å². The Balaban J connectivity index is 1.80. The fourth-order valence-corrected chi connectivity index (χ4v) is 2.80. The largest absolute Gasteiger partial charge is 0.495 e. The first-order valence-corrected chi connectivity index (χ1v) is 7.48. The molecule has 0 atom stereocenters. The summed E-state index contributed by atoms with van der Waals surface area (Å²) in [5.74, 6) is 1.43. The molecule has 0 saturated heterocycles. The highest BCUT2D eigenvalue weighted by Gasteiger charge is 2.17. The topological polar surface area (TPSA) is 58.5 Å². The molecule has 2 N–H and O–H groups in total. The van der Waals surface area contributed by atoms with E-state index in [9.17, 15) is 0 Å². The van der Waals surface area contributed by atoms with Crippen LogP contribution in [0.3, 0.4) is 0 Å². The van der Waals surface area contributed by atoms with Crippen LogP contribution in [0.5, 0.6) is 5.75 Å². The van der Waals surface area contributed by atoms with Crippen molar-refractivity contribution in [3.05, 3.63) is 47.2 Å². The minimum Gasteiger partial charge on any atom is -0.495 e. The first-order chi connectivity index (χ1) is 10.3. The lowest BCUT2D eigenvalue weighted by atomic mass is 10.3. The van der Waals surface area contributed by atoms with Gasteiger partial charge in [-0.05, 0) is 36.2 Å². The Morgan fingerprint density at radius 1 is 1.33 bits per heavy atom. The number of guanidine groups is 1. The van der Waals surface area contributed by atoms with Crippen molar-refractivity contribution in [2.45, 2.75) is 11.4 Å². The number of anilines is 1. The molecule has 2 heterocycles. The summed E-state index contributed by atoms with van der Waals surface area (Å²) in [6, 6.07) is 9.47. The number of hydrogen-bond donors (Lipinski definition) is 2. The van der Waals surface area contributed by atoms with E-state index in [-0.39, 0.29) is 0 Å². The summed E-state index contributed by atoms with van der Waals surface area (Å²) in [4.78, 5) is 9.73. The second-order valence-electron chi connectivity index (χ2n) is 4.26. The molecule has 108 valence electrons. The number of aliphatic imine (C=N–C) groups is 1. The minimum absolute atomic E-state index is 0.403. The molecule has 1 aliphatic rings. The lowest BCUT2D eigenvalue weighted by Crippen LogP contribution is -2.29. The van der Waals surface area contributed by atoms with Gasteiger partial charge in [0.2, 0.25) is 5.96 Å². The molecule has 0 fully saturated rings. The van der Waals surface area contributed by atoms with Crippen LogP contribution in [0.2, 0.25) is 5.02 Å². The normalized spacial score (nSPS) is 15.0. The maximum atomic E-state index is 6.07. The van der Waals surface area contributed by atoms with Crippen LogP contribution in [0.15, 0.2) is 46.4 Å². The number of para-hydroxylation sites is 1. The van der Waals surface area contributed by atoms with Gasteiger partial charge in [-0.25, -0.2) is 4.99 Å². The Kier molecular flexibility index (Phi) is 4.17. The fraction of sp³-hybridized carbons (Fsp3) is 0.143. The zero-order chi connectivity index (χ0) is 14.7. The Labute approximate surface area is 131 Å². The van der Waals surface area contributed by atoms with E-state index < -0.39 is 0 Å². The van der Waals surface area contributed by atoms with E-state index in [1.165, 1.54) is 11.9 Å². The summed E-state index contributed by atoms with van der Waals surface area (Å²) in [6.45, 7) is 0.403. The summed E-state index contributed by atoms with van der Waals surface area (Å²) in [5.41, 5.74) is 1.65. The van der Waals surface area contributed by atoms with Crippen molar-refractivity contribution < 1.29 is 4.74 Å². The van der Waals surface area contributed by atoms with Gasteiger partial charge in [0.15, 0.2) is 0 Å². The number of benzene rings is 1. The summed E-state index contributed by atoms with van der Waals surface area (Å²) in [7, 11) is 1.65. The first kappa shape index (κ1) is 14.0. The van der Waals surface area contributed by atoms with Gasteiger partial charge in [0, 0.05) is 6.20 Å². The van der Waals surface area contributed by atoms with Gasteiger partial charge in [-0.3, -0.25) is 9.71 Å². The third-order valence-corrected chi connectivity index (χ3v) is 4.13. The van der Waals surface area contributed by atoms with Crippen LogP contribution in [0, 0.1) is 0 Å². The van der Waals surface area contributed by atoms with Crippen LogP contribution < -0.4 is 14.8 Å². The number of hydrogen-bond acceptors (Lipinski definition) is 4. The van der Waals surface area contributed by atoms with E-state index in [1.54, 1.807) is 25.4 Å². The number of nitrogens with one attached hydrogen (secondary N) is 2. The average molecular weight is 321 g/mol. The van der Waals surface area contributed by atoms with Crippen molar-refractivity contribution in [2.24, 2.45) is 4.99 Å². The summed E-state index contributed by atoms with van der Waals surface area (Å²) >= 11 is 7.56. The van der Waals surface area contributed by atoms with Crippen LogP contribution in [-0.4, -0.2) is 18.1 Å². The maximum Gasteiger partial charge on any atom is 0.206 e. The Bertz CT molecular complexity index is 678. The lowest BCUT2D eigenvalue weighted by molar-refractivity contribution is 0.416. The molecule has 5 nitrogen and oxygen atoms in total. The standard InChI is InChI=1S/C14H13ClN4OS/c1-20-11-5-2-6-12-13(11)18-14(19-21-12)17-8-10-9(15)4-3-7-16-10/h2-7H,8H2,1H3,(H2,17,18,19). The van der Waals surface area contributed by atoms with Crippen LogP contribution in [0.25, 0.3) is 0 Å². The molecule has 0 spiro atoms. The van der Waals surface area contributed by atoms with E-state index >= 15 is 0 Å². The summed E-state index contributed by atoms with van der Waals surface area (Å²) in [5, 5.41) is 3.84. The van der Waals surface area contributed by atoms with Gasteiger partial charge in [-0.1, -0.05) is 17.7 Å². The molecule has 0 saturated carbocycles. The summed E-state index contributed by atoms with van der Waals surface area (Å²) in [6.07, 6.45) is 1.70. The van der Waals surface area contributed by atoms with E-state index in [0.717, 1.165) is 22.0 Å². The molecular weight excluding hydrogens is 308 g/mol. The van der Waals surface area contributed by atoms with Crippen LogP contribution in [0.1, 0.15) is 5.69 Å². The molecule has 21 heavy (non-hydrogen) atoms. The van der Waals surface area contributed by atoms with Gasteiger partial charge >= 0.3 is 0 Å². The molecule has 0 amide bonds. The van der Waals surface area contributed by atoms with Crippen molar-refractivity contribution in [1.82, 2.24) is 9.71 Å². The predicted molar refractivity (Wildman–Crippen MR) is 86.0 cm³/mol. The van der Waals surface area contributed by atoms with Gasteiger partial charge in [-0.2, -0.15) is 0 Å². The highest BCUT2D eigenvalue weighted by molar-refractivity contribution is 7.98. The number of aromatic nitrogens is 1. The molecule has 0 unspecified atom stereocenters. The first-order valence-electron chi connectivity index (χ1n) is 6.28. The highest BCUT2D eigenvalue weighted by atomic mass is 35.5. The van der Waals surface area contributed by atoms with Crippen molar-refractivity contribution in [3.63, 3.8) is 0 Å². The molecule has 1 aromatic carbocycles. The molecule has 3 rings (SSSR count). The fourth-order valence-electron chi connectivity index (χ4n) is 1.90. The Hall–Kier alpha value is -1.92. The van der Waals surface area contributed by atoms with Crippen molar-refractivity contribution in [2.75, 3.05) is 12.4 Å². The third-order valence-electron chi connectivity index (χ3n) is 2.93.